The lowest BCUT2D eigenvalue weighted by Crippen LogP contribution is -1.98. The summed E-state index contributed by atoms with van der Waals surface area (Å²) in [7, 11) is 0. The van der Waals surface area contributed by atoms with Gasteiger partial charge in [0, 0.05) is 0 Å². The molecule has 0 aromatic rings. The summed E-state index contributed by atoms with van der Waals surface area (Å²) in [5.41, 5.74) is 0. The molecule has 80 valence electrons. The van der Waals surface area contributed by atoms with Crippen LogP contribution in [0.1, 0.15) is 0 Å². The normalized spacial score (nSPS) is 11.9. The highest BCUT2D eigenvalue weighted by Crippen LogP contribution is 2.10. The average molecular weight is 458 g/mol. The van der Waals surface area contributed by atoms with Gasteiger partial charge in [0.2, 0.25) is 0 Å². The monoisotopic (exact) mass is 454 g/mol. The molecule has 0 aromatic carbocycles. The Morgan fingerprint density at radius 2 is 1.29 bits per heavy atom. The van der Waals surface area contributed by atoms with Crippen molar-refractivity contribution in [1.29, 1.82) is 0 Å². The Hall–Kier alpha value is 0.670. The molecule has 14 heavy (non-hydrogen) atoms. The first kappa shape index (κ1) is 14.7. The summed E-state index contributed by atoms with van der Waals surface area (Å²) in [4.78, 5) is 10.8. The van der Waals surface area contributed by atoms with Crippen molar-refractivity contribution in [3.63, 3.8) is 0 Å². The van der Waals surface area contributed by atoms with Crippen LogP contribution < -0.4 is 0 Å². The third-order valence-corrected chi connectivity index (χ3v) is 2.00. The molecule has 0 saturated carbocycles. The van der Waals surface area contributed by atoms with E-state index < -0.39 is 6.16 Å². The third kappa shape index (κ3) is 10.7. The lowest BCUT2D eigenvalue weighted by Gasteiger charge is -1.96. The van der Waals surface area contributed by atoms with Gasteiger partial charge in [-0.1, -0.05) is 63.7 Å². The van der Waals surface area contributed by atoms with E-state index in [0.717, 1.165) is 0 Å². The Labute approximate surface area is 115 Å². The molecular weight excluding hydrogens is 452 g/mol. The van der Waals surface area contributed by atoms with Crippen LogP contribution in [0, 0.1) is 0 Å². The van der Waals surface area contributed by atoms with Crippen molar-refractivity contribution in [2.45, 2.75) is 7.47 Å². The molecule has 0 bridgehead atoms. The van der Waals surface area contributed by atoms with Crippen molar-refractivity contribution < 1.29 is 14.3 Å². The summed E-state index contributed by atoms with van der Waals surface area (Å²) in [6.07, 6.45) is 4.83. The molecule has 0 unspecified atom stereocenters. The van der Waals surface area contributed by atoms with Crippen LogP contribution in [-0.2, 0) is 9.47 Å². The zero-order valence-electron chi connectivity index (χ0n) is 6.70. The molecule has 0 atom stereocenters. The predicted octanol–water partition coefficient (Wildman–Crippen LogP) is 4.40. The van der Waals surface area contributed by atoms with E-state index in [4.69, 9.17) is 0 Å². The Morgan fingerprint density at radius 1 is 0.929 bits per heavy atom. The van der Waals surface area contributed by atoms with E-state index in [-0.39, 0.29) is 7.47 Å². The van der Waals surface area contributed by atoms with Gasteiger partial charge in [0.25, 0.3) is 0 Å². The molecule has 0 fully saturated rings. The van der Waals surface area contributed by atoms with Crippen LogP contribution in [0.25, 0.3) is 0 Å². The molecule has 3 nitrogen and oxygen atoms in total. The van der Waals surface area contributed by atoms with E-state index in [2.05, 4.69) is 73.2 Å². The number of hydrogen-bond acceptors (Lipinski definition) is 3. The average Bonchev–Trinajstić information content (AvgIpc) is 2.02. The molecule has 0 aliphatic rings. The van der Waals surface area contributed by atoms with Gasteiger partial charge in [-0.3, -0.25) is 0 Å². The number of carbonyl (C=O) groups is 1. The highest BCUT2D eigenvalue weighted by molar-refractivity contribution is 9.25. The van der Waals surface area contributed by atoms with Crippen molar-refractivity contribution in [1.82, 2.24) is 0 Å². The van der Waals surface area contributed by atoms with Crippen LogP contribution in [0.4, 0.5) is 4.79 Å². The van der Waals surface area contributed by atoms with E-state index in [1.807, 2.05) is 0 Å². The zero-order chi connectivity index (χ0) is 11.0. The summed E-state index contributed by atoms with van der Waals surface area (Å²) in [5, 5.41) is 0. The Balaban J connectivity index is 3.66. The molecule has 0 N–H and O–H groups in total. The lowest BCUT2D eigenvalue weighted by atomic mass is 10.7. The van der Waals surface area contributed by atoms with Crippen LogP contribution in [-0.4, -0.2) is 13.6 Å². The van der Waals surface area contributed by atoms with Gasteiger partial charge in [0.05, 0.1) is 20.0 Å². The predicted molar refractivity (Wildman–Crippen MR) is 69.1 cm³/mol. The van der Waals surface area contributed by atoms with Gasteiger partial charge in [0.15, 0.2) is 0 Å². The van der Waals surface area contributed by atoms with Crippen LogP contribution in [0.3, 0.4) is 0 Å². The Kier molecular flexibility index (Phi) is 9.36. The second-order valence-corrected chi connectivity index (χ2v) is 8.22. The minimum Gasteiger partial charge on any atom is -0.403 e. The maximum Gasteiger partial charge on any atom is 0.518 e. The van der Waals surface area contributed by atoms with Crippen LogP contribution in [0.5, 0.6) is 0 Å². The molecule has 0 aliphatic heterocycles. The second-order valence-electron chi connectivity index (χ2n) is 1.81. The quantitative estimate of drug-likeness (QED) is 0.357. The minimum absolute atomic E-state index is 0.0344. The maximum atomic E-state index is 10.8. The van der Waals surface area contributed by atoms with E-state index >= 15 is 0 Å². The van der Waals surface area contributed by atoms with Crippen LogP contribution >= 0.6 is 63.7 Å². The number of allylic oxidation sites excluding steroid dienone is 2. The summed E-state index contributed by atoms with van der Waals surface area (Å²) in [5.74, 6) is 0. The smallest absolute Gasteiger partial charge is 0.403 e. The van der Waals surface area contributed by atoms with Gasteiger partial charge >= 0.3 is 6.16 Å². The first-order valence-corrected chi connectivity index (χ1v) is 6.95. The van der Waals surface area contributed by atoms with Gasteiger partial charge < -0.3 is 9.47 Å². The summed E-state index contributed by atoms with van der Waals surface area (Å²) in [6.45, 7) is 0. The highest BCUT2D eigenvalue weighted by Gasteiger charge is 1.99. The molecule has 0 heterocycles. The molecule has 0 saturated heterocycles. The standard InChI is InChI=1S/C7H6Br4O3/c8-5(9)1-3-13-7(12)14-4-2-6(10)11/h1-6H. The van der Waals surface area contributed by atoms with E-state index in [0.29, 0.717) is 0 Å². The first-order valence-electron chi connectivity index (χ1n) is 3.29. The molecule has 0 spiro atoms. The van der Waals surface area contributed by atoms with Crippen molar-refractivity contribution in [3.05, 3.63) is 24.7 Å². The number of ether oxygens (including phenoxy) is 2. The number of alkyl halides is 4. The number of rotatable bonds is 4. The van der Waals surface area contributed by atoms with Crippen LogP contribution in [0.2, 0.25) is 0 Å². The zero-order valence-corrected chi connectivity index (χ0v) is 13.0. The van der Waals surface area contributed by atoms with Crippen LogP contribution in [0.15, 0.2) is 24.7 Å². The molecule has 0 aliphatic carbocycles. The van der Waals surface area contributed by atoms with Gasteiger partial charge in [-0.15, -0.1) is 0 Å². The fourth-order valence-electron chi connectivity index (χ4n) is 0.336. The van der Waals surface area contributed by atoms with Crippen molar-refractivity contribution >= 4 is 69.9 Å². The largest absolute Gasteiger partial charge is 0.518 e. The van der Waals surface area contributed by atoms with Gasteiger partial charge in [-0.2, -0.15) is 0 Å². The number of halogens is 4. The highest BCUT2D eigenvalue weighted by atomic mass is 79.9. The second kappa shape index (κ2) is 8.94. The Bertz CT molecular complexity index is 203. The van der Waals surface area contributed by atoms with E-state index in [9.17, 15) is 4.79 Å². The summed E-state index contributed by atoms with van der Waals surface area (Å²) < 4.78 is 9.03. The fourth-order valence-corrected chi connectivity index (χ4v) is 0.835. The molecule has 0 aromatic heterocycles. The Morgan fingerprint density at radius 3 is 1.57 bits per heavy atom. The SMILES string of the molecule is O=C(OC=CC(Br)Br)OC=CC(Br)Br. The van der Waals surface area contributed by atoms with Gasteiger partial charge in [0.1, 0.15) is 0 Å². The summed E-state index contributed by atoms with van der Waals surface area (Å²) in [6, 6.07) is 0. The summed E-state index contributed by atoms with van der Waals surface area (Å²) >= 11 is 12.7. The molecular formula is C7H6Br4O3. The van der Waals surface area contributed by atoms with Crippen molar-refractivity contribution in [2.75, 3.05) is 0 Å². The molecule has 0 rings (SSSR count). The molecule has 0 radical (unpaired) electrons. The van der Waals surface area contributed by atoms with E-state index in [1.165, 1.54) is 12.5 Å². The first-order chi connectivity index (χ1) is 6.52. The molecule has 7 heteroatoms. The lowest BCUT2D eigenvalue weighted by molar-refractivity contribution is 0.119. The fraction of sp³-hybridized carbons (Fsp3) is 0.286. The van der Waals surface area contributed by atoms with E-state index in [1.54, 1.807) is 12.2 Å². The minimum atomic E-state index is -0.793. The molecule has 0 amide bonds. The van der Waals surface area contributed by atoms with Gasteiger partial charge in [-0.05, 0) is 12.2 Å². The maximum absolute atomic E-state index is 10.8. The third-order valence-electron chi connectivity index (χ3n) is 0.777. The topological polar surface area (TPSA) is 35.5 Å². The van der Waals surface area contributed by atoms with Crippen molar-refractivity contribution in [2.24, 2.45) is 0 Å². The van der Waals surface area contributed by atoms with Crippen molar-refractivity contribution in [3.8, 4) is 0 Å². The van der Waals surface area contributed by atoms with Gasteiger partial charge in [-0.25, -0.2) is 4.79 Å². The number of hydrogen-bond donors (Lipinski definition) is 0. The number of carbonyl (C=O) groups excluding carboxylic acids is 1.